The van der Waals surface area contributed by atoms with Gasteiger partial charge in [0.1, 0.15) is 5.82 Å². The molecule has 1 aromatic heterocycles. The lowest BCUT2D eigenvalue weighted by atomic mass is 10.1. The van der Waals surface area contributed by atoms with Crippen LogP contribution in [0, 0.1) is 11.3 Å². The summed E-state index contributed by atoms with van der Waals surface area (Å²) in [6.07, 6.45) is 4.12. The number of nitriles is 1. The van der Waals surface area contributed by atoms with Gasteiger partial charge in [0.2, 0.25) is 0 Å². The topological polar surface area (TPSA) is 52.0 Å². The van der Waals surface area contributed by atoms with Gasteiger partial charge in [-0.2, -0.15) is 5.26 Å². The van der Waals surface area contributed by atoms with E-state index in [0.717, 1.165) is 25.5 Å². The minimum atomic E-state index is 0.496. The van der Waals surface area contributed by atoms with Crippen molar-refractivity contribution in [1.29, 1.82) is 5.26 Å². The fourth-order valence-electron chi connectivity index (χ4n) is 2.35. The van der Waals surface area contributed by atoms with E-state index in [4.69, 9.17) is 5.26 Å². The van der Waals surface area contributed by atoms with Gasteiger partial charge in [0, 0.05) is 25.3 Å². The molecule has 90 valence electrons. The van der Waals surface area contributed by atoms with E-state index in [9.17, 15) is 0 Å². The summed E-state index contributed by atoms with van der Waals surface area (Å²) in [7, 11) is 0. The van der Waals surface area contributed by atoms with Gasteiger partial charge in [-0.15, -0.1) is 0 Å². The van der Waals surface area contributed by atoms with Crippen LogP contribution in [0.4, 0.5) is 5.82 Å². The molecule has 0 radical (unpaired) electrons. The smallest absolute Gasteiger partial charge is 0.130 e. The molecule has 1 fully saturated rings. The van der Waals surface area contributed by atoms with Crippen LogP contribution in [0.25, 0.3) is 0 Å². The molecule has 4 nitrogen and oxygen atoms in total. The zero-order valence-corrected chi connectivity index (χ0v) is 10.2. The van der Waals surface area contributed by atoms with Crippen LogP contribution in [-0.2, 0) is 0 Å². The van der Waals surface area contributed by atoms with Crippen LogP contribution < -0.4 is 10.2 Å². The zero-order chi connectivity index (χ0) is 12.1. The van der Waals surface area contributed by atoms with Gasteiger partial charge in [-0.3, -0.25) is 0 Å². The zero-order valence-electron chi connectivity index (χ0n) is 10.2. The van der Waals surface area contributed by atoms with Gasteiger partial charge >= 0.3 is 0 Å². The normalized spacial score (nSPS) is 19.6. The van der Waals surface area contributed by atoms with Crippen LogP contribution in [0.3, 0.4) is 0 Å². The Morgan fingerprint density at radius 1 is 1.65 bits per heavy atom. The van der Waals surface area contributed by atoms with Crippen molar-refractivity contribution < 1.29 is 0 Å². The van der Waals surface area contributed by atoms with Crippen LogP contribution in [0.5, 0.6) is 0 Å². The van der Waals surface area contributed by atoms with Crippen molar-refractivity contribution in [2.75, 3.05) is 24.5 Å². The molecule has 1 aliphatic rings. The monoisotopic (exact) mass is 230 g/mol. The minimum Gasteiger partial charge on any atom is -0.353 e. The third kappa shape index (κ3) is 2.75. The minimum absolute atomic E-state index is 0.496. The van der Waals surface area contributed by atoms with Gasteiger partial charge in [-0.25, -0.2) is 4.98 Å². The molecule has 1 atom stereocenters. The summed E-state index contributed by atoms with van der Waals surface area (Å²) in [5.41, 5.74) is 0.678. The van der Waals surface area contributed by atoms with Gasteiger partial charge in [0.25, 0.3) is 0 Å². The van der Waals surface area contributed by atoms with Gasteiger partial charge in [-0.05, 0) is 38.4 Å². The molecule has 1 aliphatic heterocycles. The highest BCUT2D eigenvalue weighted by Gasteiger charge is 2.20. The third-order valence-electron chi connectivity index (χ3n) is 3.22. The molecule has 0 spiro atoms. The van der Waals surface area contributed by atoms with E-state index in [2.05, 4.69) is 28.2 Å². The maximum Gasteiger partial charge on any atom is 0.130 e. The lowest BCUT2D eigenvalue weighted by Gasteiger charge is -2.34. The van der Waals surface area contributed by atoms with Crippen molar-refractivity contribution in [3.8, 4) is 6.07 Å². The van der Waals surface area contributed by atoms with E-state index in [1.165, 1.54) is 12.8 Å². The first-order chi connectivity index (χ1) is 8.35. The van der Waals surface area contributed by atoms with E-state index in [1.54, 1.807) is 12.3 Å². The number of aromatic nitrogens is 1. The summed E-state index contributed by atoms with van der Waals surface area (Å²) in [6.45, 7) is 5.18. The summed E-state index contributed by atoms with van der Waals surface area (Å²) in [5.74, 6) is 0.917. The predicted molar refractivity (Wildman–Crippen MR) is 67.9 cm³/mol. The molecular formula is C13H18N4. The lowest BCUT2D eigenvalue weighted by molar-refractivity contribution is 0.433. The SMILES string of the molecule is CCN(c1cc(C#N)ccn1)C1CCCNC1. The second kappa shape index (κ2) is 5.65. The van der Waals surface area contributed by atoms with Crippen molar-refractivity contribution in [3.05, 3.63) is 23.9 Å². The number of anilines is 1. The number of nitrogens with zero attached hydrogens (tertiary/aromatic N) is 3. The standard InChI is InChI=1S/C13H18N4/c1-2-17(12-4-3-6-15-10-12)13-8-11(9-14)5-7-16-13/h5,7-8,12,15H,2-4,6,10H2,1H3. The van der Waals surface area contributed by atoms with Crippen LogP contribution in [0.1, 0.15) is 25.3 Å². The summed E-state index contributed by atoms with van der Waals surface area (Å²) >= 11 is 0. The maximum atomic E-state index is 8.92. The molecule has 0 bridgehead atoms. The van der Waals surface area contributed by atoms with Crippen molar-refractivity contribution >= 4 is 5.82 Å². The number of likely N-dealkylation sites (N-methyl/N-ethyl adjacent to an activating group) is 1. The number of nitrogens with one attached hydrogen (secondary N) is 1. The van der Waals surface area contributed by atoms with Crippen LogP contribution in [0.15, 0.2) is 18.3 Å². The fraction of sp³-hybridized carbons (Fsp3) is 0.538. The van der Waals surface area contributed by atoms with Gasteiger partial charge < -0.3 is 10.2 Å². The maximum absolute atomic E-state index is 8.92. The second-order valence-corrected chi connectivity index (χ2v) is 4.30. The highest BCUT2D eigenvalue weighted by molar-refractivity contribution is 5.45. The highest BCUT2D eigenvalue weighted by atomic mass is 15.2. The number of pyridine rings is 1. The first kappa shape index (κ1) is 11.9. The van der Waals surface area contributed by atoms with Crippen molar-refractivity contribution in [2.24, 2.45) is 0 Å². The van der Waals surface area contributed by atoms with Gasteiger partial charge in [-0.1, -0.05) is 0 Å². The Kier molecular flexibility index (Phi) is 3.94. The van der Waals surface area contributed by atoms with E-state index < -0.39 is 0 Å². The molecule has 0 amide bonds. The van der Waals surface area contributed by atoms with Gasteiger partial charge in [0.15, 0.2) is 0 Å². The molecule has 0 aliphatic carbocycles. The van der Waals surface area contributed by atoms with E-state index >= 15 is 0 Å². The Bertz CT molecular complexity index is 404. The van der Waals surface area contributed by atoms with Crippen molar-refractivity contribution in [3.63, 3.8) is 0 Å². The number of rotatable bonds is 3. The summed E-state index contributed by atoms with van der Waals surface area (Å²) in [6, 6.07) is 6.28. The molecule has 0 saturated carbocycles. The molecule has 1 aromatic rings. The molecule has 1 unspecified atom stereocenters. The molecular weight excluding hydrogens is 212 g/mol. The Hall–Kier alpha value is -1.60. The Morgan fingerprint density at radius 3 is 3.18 bits per heavy atom. The van der Waals surface area contributed by atoms with Gasteiger partial charge in [0.05, 0.1) is 11.6 Å². The first-order valence-corrected chi connectivity index (χ1v) is 6.18. The molecule has 1 N–H and O–H groups in total. The average Bonchev–Trinajstić information content (AvgIpc) is 2.41. The van der Waals surface area contributed by atoms with E-state index in [1.807, 2.05) is 6.07 Å². The van der Waals surface area contributed by atoms with E-state index in [-0.39, 0.29) is 0 Å². The Morgan fingerprint density at radius 2 is 2.53 bits per heavy atom. The summed E-state index contributed by atoms with van der Waals surface area (Å²) in [4.78, 5) is 6.67. The van der Waals surface area contributed by atoms with Crippen LogP contribution >= 0.6 is 0 Å². The predicted octanol–water partition coefficient (Wildman–Crippen LogP) is 1.53. The highest BCUT2D eigenvalue weighted by Crippen LogP contribution is 2.19. The average molecular weight is 230 g/mol. The van der Waals surface area contributed by atoms with Crippen LogP contribution in [-0.4, -0.2) is 30.7 Å². The number of hydrogen-bond donors (Lipinski definition) is 1. The van der Waals surface area contributed by atoms with Crippen molar-refractivity contribution in [1.82, 2.24) is 10.3 Å². The fourth-order valence-corrected chi connectivity index (χ4v) is 2.35. The molecule has 1 saturated heterocycles. The lowest BCUT2D eigenvalue weighted by Crippen LogP contribution is -2.46. The Labute approximate surface area is 102 Å². The first-order valence-electron chi connectivity index (χ1n) is 6.18. The summed E-state index contributed by atoms with van der Waals surface area (Å²) < 4.78 is 0. The third-order valence-corrected chi connectivity index (χ3v) is 3.22. The van der Waals surface area contributed by atoms with Crippen LogP contribution in [0.2, 0.25) is 0 Å². The molecule has 2 heterocycles. The summed E-state index contributed by atoms with van der Waals surface area (Å²) in [5, 5.41) is 12.3. The molecule has 2 rings (SSSR count). The quantitative estimate of drug-likeness (QED) is 0.855. The number of piperidine rings is 1. The van der Waals surface area contributed by atoms with Crippen molar-refractivity contribution in [2.45, 2.75) is 25.8 Å². The Balaban J connectivity index is 2.18. The van der Waals surface area contributed by atoms with E-state index in [0.29, 0.717) is 11.6 Å². The largest absolute Gasteiger partial charge is 0.353 e. The molecule has 0 aromatic carbocycles. The molecule has 17 heavy (non-hydrogen) atoms. The second-order valence-electron chi connectivity index (χ2n) is 4.30. The molecule has 4 heteroatoms. The number of hydrogen-bond acceptors (Lipinski definition) is 4.